The number of ether oxygens (including phenoxy) is 2. The molecule has 0 aromatic heterocycles. The highest BCUT2D eigenvalue weighted by molar-refractivity contribution is 7.47. The molecule has 0 aromatic carbocycles. The molecule has 0 spiro atoms. The topological polar surface area (TPSA) is 108 Å². The number of carbonyl (C=O) groups is 2. The fraction of sp³-hybridized carbons (Fsp3) is 0.917. The van der Waals surface area contributed by atoms with Crippen LogP contribution in [0, 0.1) is 0 Å². The van der Waals surface area contributed by atoms with Crippen LogP contribution < -0.4 is 0 Å². The molecule has 0 atom stereocenters. The molecule has 1 N–H and O–H groups in total. The molecule has 0 radical (unpaired) electrons. The molecule has 196 valence electrons. The molecule has 0 unspecified atom stereocenters. The zero-order chi connectivity index (χ0) is 24.6. The SMILES string of the molecule is CCCCC(=O)OCCCCCCCOP(=O)(O)OCCCCCCCOC(=O)CCCC. The summed E-state index contributed by atoms with van der Waals surface area (Å²) >= 11 is 0. The van der Waals surface area contributed by atoms with Gasteiger partial charge in [0, 0.05) is 12.8 Å². The van der Waals surface area contributed by atoms with E-state index in [0.29, 0.717) is 38.9 Å². The van der Waals surface area contributed by atoms with Crippen LogP contribution in [0.1, 0.15) is 117 Å². The van der Waals surface area contributed by atoms with Crippen LogP contribution in [-0.4, -0.2) is 43.3 Å². The van der Waals surface area contributed by atoms with Crippen molar-refractivity contribution in [2.75, 3.05) is 26.4 Å². The van der Waals surface area contributed by atoms with Crippen LogP contribution in [0.25, 0.3) is 0 Å². The van der Waals surface area contributed by atoms with E-state index in [2.05, 4.69) is 0 Å². The van der Waals surface area contributed by atoms with Crippen molar-refractivity contribution in [3.05, 3.63) is 0 Å². The number of carbonyl (C=O) groups excluding carboxylic acids is 2. The lowest BCUT2D eigenvalue weighted by Crippen LogP contribution is -2.05. The number of hydrogen-bond acceptors (Lipinski definition) is 7. The maximum Gasteiger partial charge on any atom is 0.472 e. The molecule has 0 bridgehead atoms. The van der Waals surface area contributed by atoms with Crippen LogP contribution in [0.3, 0.4) is 0 Å². The van der Waals surface area contributed by atoms with Gasteiger partial charge < -0.3 is 14.4 Å². The predicted octanol–water partition coefficient (Wildman–Crippen LogP) is 6.49. The molecular weight excluding hydrogens is 447 g/mol. The van der Waals surface area contributed by atoms with Crippen molar-refractivity contribution in [2.24, 2.45) is 0 Å². The van der Waals surface area contributed by atoms with Crippen LogP contribution in [0.2, 0.25) is 0 Å². The van der Waals surface area contributed by atoms with Gasteiger partial charge >= 0.3 is 19.8 Å². The largest absolute Gasteiger partial charge is 0.472 e. The first-order valence-electron chi connectivity index (χ1n) is 12.8. The van der Waals surface area contributed by atoms with E-state index in [1.54, 1.807) is 0 Å². The number of phosphoric ester groups is 1. The Balaban J connectivity index is 3.43. The van der Waals surface area contributed by atoms with Gasteiger partial charge in [-0.15, -0.1) is 0 Å². The van der Waals surface area contributed by atoms with E-state index in [-0.39, 0.29) is 25.2 Å². The van der Waals surface area contributed by atoms with Crippen LogP contribution >= 0.6 is 7.82 Å². The number of rotatable bonds is 24. The maximum absolute atomic E-state index is 11.9. The third kappa shape index (κ3) is 24.0. The normalized spacial score (nSPS) is 11.5. The van der Waals surface area contributed by atoms with Gasteiger partial charge in [-0.2, -0.15) is 0 Å². The van der Waals surface area contributed by atoms with Crippen LogP contribution in [0.4, 0.5) is 0 Å². The molecule has 0 aliphatic rings. The zero-order valence-electron chi connectivity index (χ0n) is 20.9. The van der Waals surface area contributed by atoms with Crippen molar-refractivity contribution in [1.82, 2.24) is 0 Å². The molecule has 33 heavy (non-hydrogen) atoms. The Morgan fingerprint density at radius 2 is 0.909 bits per heavy atom. The van der Waals surface area contributed by atoms with Gasteiger partial charge in [0.1, 0.15) is 0 Å². The summed E-state index contributed by atoms with van der Waals surface area (Å²) in [4.78, 5) is 32.4. The van der Waals surface area contributed by atoms with E-state index >= 15 is 0 Å². The summed E-state index contributed by atoms with van der Waals surface area (Å²) in [6.45, 7) is 5.39. The van der Waals surface area contributed by atoms with Gasteiger partial charge in [-0.05, 0) is 38.5 Å². The monoisotopic (exact) mass is 494 g/mol. The average molecular weight is 495 g/mol. The minimum absolute atomic E-state index is 0.121. The molecule has 0 aliphatic carbocycles. The Bertz CT molecular complexity index is 485. The second-order valence-corrected chi connectivity index (χ2v) is 9.77. The highest BCUT2D eigenvalue weighted by Crippen LogP contribution is 2.43. The summed E-state index contributed by atoms with van der Waals surface area (Å²) in [6, 6.07) is 0. The molecular formula is C24H47O8P. The average Bonchev–Trinajstić information content (AvgIpc) is 2.79. The number of phosphoric acid groups is 1. The van der Waals surface area contributed by atoms with Crippen molar-refractivity contribution in [3.8, 4) is 0 Å². The van der Waals surface area contributed by atoms with E-state index in [0.717, 1.165) is 77.0 Å². The molecule has 0 fully saturated rings. The summed E-state index contributed by atoms with van der Waals surface area (Å²) in [5.41, 5.74) is 0. The van der Waals surface area contributed by atoms with Gasteiger partial charge in [0.05, 0.1) is 26.4 Å². The first kappa shape index (κ1) is 32.0. The Kier molecular flexibility index (Phi) is 22.2. The Morgan fingerprint density at radius 3 is 1.27 bits per heavy atom. The molecule has 0 aromatic rings. The van der Waals surface area contributed by atoms with Crippen LogP contribution in [0.5, 0.6) is 0 Å². The van der Waals surface area contributed by atoms with Gasteiger partial charge in [0.15, 0.2) is 0 Å². The second kappa shape index (κ2) is 22.8. The standard InChI is InChI=1S/C24H47O8P/c1-3-5-17-23(25)29-19-13-9-7-11-15-21-31-33(27,28)32-22-16-12-8-10-14-20-30-24(26)18-6-4-2/h3-22H2,1-2H3,(H,27,28). The van der Waals surface area contributed by atoms with Crippen molar-refractivity contribution in [1.29, 1.82) is 0 Å². The van der Waals surface area contributed by atoms with E-state index in [9.17, 15) is 19.0 Å². The summed E-state index contributed by atoms with van der Waals surface area (Å²) in [6.07, 6.45) is 13.4. The first-order valence-corrected chi connectivity index (χ1v) is 14.3. The first-order chi connectivity index (χ1) is 15.9. The summed E-state index contributed by atoms with van der Waals surface area (Å²) in [5.74, 6) is -0.242. The number of unbranched alkanes of at least 4 members (excludes halogenated alkanes) is 10. The van der Waals surface area contributed by atoms with Crippen molar-refractivity contribution in [2.45, 2.75) is 117 Å². The molecule has 9 heteroatoms. The van der Waals surface area contributed by atoms with Crippen molar-refractivity contribution < 1.29 is 37.6 Å². The zero-order valence-corrected chi connectivity index (χ0v) is 21.8. The molecule has 0 heterocycles. The number of esters is 2. The van der Waals surface area contributed by atoms with Gasteiger partial charge in [-0.1, -0.05) is 65.2 Å². The van der Waals surface area contributed by atoms with E-state index in [4.69, 9.17) is 18.5 Å². The Labute approximate surface area is 200 Å². The highest BCUT2D eigenvalue weighted by atomic mass is 31.2. The Hall–Kier alpha value is -0.950. The smallest absolute Gasteiger partial charge is 0.466 e. The number of hydrogen-bond donors (Lipinski definition) is 1. The maximum atomic E-state index is 11.9. The van der Waals surface area contributed by atoms with Gasteiger partial charge in [-0.3, -0.25) is 18.6 Å². The molecule has 0 amide bonds. The summed E-state index contributed by atoms with van der Waals surface area (Å²) in [5, 5.41) is 0. The van der Waals surface area contributed by atoms with E-state index in [1.807, 2.05) is 13.8 Å². The molecule has 0 aliphatic heterocycles. The highest BCUT2D eigenvalue weighted by Gasteiger charge is 2.19. The summed E-state index contributed by atoms with van der Waals surface area (Å²) < 4.78 is 32.2. The third-order valence-electron chi connectivity index (χ3n) is 5.08. The lowest BCUT2D eigenvalue weighted by molar-refractivity contribution is -0.144. The quantitative estimate of drug-likeness (QED) is 0.0921. The fourth-order valence-electron chi connectivity index (χ4n) is 3.02. The molecule has 0 rings (SSSR count). The second-order valence-electron chi connectivity index (χ2n) is 8.32. The third-order valence-corrected chi connectivity index (χ3v) is 6.10. The van der Waals surface area contributed by atoms with E-state index < -0.39 is 7.82 Å². The van der Waals surface area contributed by atoms with Crippen LogP contribution in [0.15, 0.2) is 0 Å². The Morgan fingerprint density at radius 1 is 0.576 bits per heavy atom. The lowest BCUT2D eigenvalue weighted by atomic mass is 10.1. The van der Waals surface area contributed by atoms with Gasteiger partial charge in [0.2, 0.25) is 0 Å². The van der Waals surface area contributed by atoms with E-state index in [1.165, 1.54) is 0 Å². The van der Waals surface area contributed by atoms with Gasteiger partial charge in [0.25, 0.3) is 0 Å². The fourth-order valence-corrected chi connectivity index (χ4v) is 3.82. The molecule has 0 saturated heterocycles. The molecule has 0 saturated carbocycles. The predicted molar refractivity (Wildman–Crippen MR) is 129 cm³/mol. The lowest BCUT2D eigenvalue weighted by Gasteiger charge is -2.12. The van der Waals surface area contributed by atoms with Crippen molar-refractivity contribution >= 4 is 19.8 Å². The van der Waals surface area contributed by atoms with Crippen LogP contribution in [-0.2, 0) is 32.7 Å². The van der Waals surface area contributed by atoms with Crippen molar-refractivity contribution in [3.63, 3.8) is 0 Å². The van der Waals surface area contributed by atoms with Gasteiger partial charge in [-0.25, -0.2) is 4.57 Å². The molecule has 8 nitrogen and oxygen atoms in total. The minimum Gasteiger partial charge on any atom is -0.466 e. The summed E-state index contributed by atoms with van der Waals surface area (Å²) in [7, 11) is -3.98. The minimum atomic E-state index is -3.98.